The Morgan fingerprint density at radius 3 is 2.70 bits per heavy atom. The van der Waals surface area contributed by atoms with E-state index in [1.807, 2.05) is 0 Å². The van der Waals surface area contributed by atoms with E-state index in [0.29, 0.717) is 16.8 Å². The van der Waals surface area contributed by atoms with Gasteiger partial charge >= 0.3 is 5.97 Å². The second kappa shape index (κ2) is 5.54. The minimum atomic E-state index is -3.51. The lowest BCUT2D eigenvalue weighted by Gasteiger charge is -2.06. The second-order valence-electron chi connectivity index (χ2n) is 5.00. The van der Waals surface area contributed by atoms with Crippen molar-refractivity contribution in [3.8, 4) is 0 Å². The van der Waals surface area contributed by atoms with Gasteiger partial charge < -0.3 is 13.7 Å². The van der Waals surface area contributed by atoms with Gasteiger partial charge in [0.25, 0.3) is 0 Å². The molecule has 0 saturated heterocycles. The maximum atomic E-state index is 12.0. The first-order valence-corrected chi connectivity index (χ1v) is 8.61. The van der Waals surface area contributed by atoms with Crippen LogP contribution in [0.25, 0.3) is 11.0 Å². The molecule has 1 aromatic carbocycles. The third-order valence-corrected chi connectivity index (χ3v) is 4.29. The summed E-state index contributed by atoms with van der Waals surface area (Å²) in [6.45, 7) is 0.139. The highest BCUT2D eigenvalue weighted by Gasteiger charge is 2.20. The number of sulfone groups is 1. The average molecular weight is 334 g/mol. The molecule has 0 aliphatic rings. The summed E-state index contributed by atoms with van der Waals surface area (Å²) >= 11 is 0. The van der Waals surface area contributed by atoms with Gasteiger partial charge in [0.05, 0.1) is 24.7 Å². The quantitative estimate of drug-likeness (QED) is 0.676. The minimum Gasteiger partial charge on any atom is -0.463 e. The molecule has 7 nitrogen and oxygen atoms in total. The molecule has 2 heterocycles. The number of carbonyl (C=O) groups excluding carboxylic acids is 1. The Labute approximate surface area is 132 Å². The maximum Gasteiger partial charge on any atom is 0.373 e. The first kappa shape index (κ1) is 15.3. The predicted molar refractivity (Wildman–Crippen MR) is 82.0 cm³/mol. The van der Waals surface area contributed by atoms with Crippen LogP contribution in [-0.4, -0.2) is 37.3 Å². The molecule has 2 aromatic heterocycles. The van der Waals surface area contributed by atoms with Gasteiger partial charge in [0.2, 0.25) is 20.8 Å². The van der Waals surface area contributed by atoms with Gasteiger partial charge in [-0.2, -0.15) is 0 Å². The van der Waals surface area contributed by atoms with Crippen molar-refractivity contribution in [2.24, 2.45) is 0 Å². The molecule has 8 heteroatoms. The van der Waals surface area contributed by atoms with Crippen LogP contribution in [0.2, 0.25) is 0 Å². The van der Waals surface area contributed by atoms with E-state index < -0.39 is 15.8 Å². The van der Waals surface area contributed by atoms with Gasteiger partial charge in [0, 0.05) is 6.26 Å². The number of esters is 1. The van der Waals surface area contributed by atoms with E-state index in [2.05, 4.69) is 9.72 Å². The van der Waals surface area contributed by atoms with Crippen molar-refractivity contribution >= 4 is 26.8 Å². The topological polar surface area (TPSA) is 91.4 Å². The van der Waals surface area contributed by atoms with Gasteiger partial charge in [-0.1, -0.05) is 12.1 Å². The number of ether oxygens (including phenoxy) is 1. The molecular formula is C15H14N2O5S. The summed E-state index contributed by atoms with van der Waals surface area (Å²) in [4.78, 5) is 15.6. The summed E-state index contributed by atoms with van der Waals surface area (Å²) in [6, 6.07) is 10.2. The van der Waals surface area contributed by atoms with Crippen LogP contribution in [0.15, 0.2) is 46.0 Å². The molecule has 3 aromatic rings. The van der Waals surface area contributed by atoms with Gasteiger partial charge in [-0.3, -0.25) is 0 Å². The van der Waals surface area contributed by atoms with Crippen molar-refractivity contribution < 1.29 is 22.4 Å². The molecule has 0 aliphatic heterocycles. The van der Waals surface area contributed by atoms with Crippen LogP contribution in [0.1, 0.15) is 16.3 Å². The normalized spacial score (nSPS) is 11.7. The Balaban J connectivity index is 2.08. The Bertz CT molecular complexity index is 984. The van der Waals surface area contributed by atoms with E-state index in [-0.39, 0.29) is 17.5 Å². The SMILES string of the molecule is COC(=O)c1ccc(Cn2c(S(C)(=O)=O)nc3ccccc32)o1. The Hall–Kier alpha value is -2.61. The molecular weight excluding hydrogens is 320 g/mol. The Morgan fingerprint density at radius 2 is 2.00 bits per heavy atom. The summed E-state index contributed by atoms with van der Waals surface area (Å²) in [5.41, 5.74) is 1.25. The minimum absolute atomic E-state index is 0.0466. The highest BCUT2D eigenvalue weighted by Crippen LogP contribution is 2.22. The monoisotopic (exact) mass is 334 g/mol. The van der Waals surface area contributed by atoms with Gasteiger partial charge in [0.15, 0.2) is 0 Å². The van der Waals surface area contributed by atoms with Gasteiger partial charge in [-0.25, -0.2) is 18.2 Å². The zero-order valence-corrected chi connectivity index (χ0v) is 13.3. The molecule has 0 aliphatic carbocycles. The molecule has 0 saturated carbocycles. The highest BCUT2D eigenvalue weighted by atomic mass is 32.2. The number of nitrogens with zero attached hydrogens (tertiary/aromatic N) is 2. The van der Waals surface area contributed by atoms with Crippen molar-refractivity contribution in [2.45, 2.75) is 11.7 Å². The van der Waals surface area contributed by atoms with Crippen LogP contribution in [0, 0.1) is 0 Å². The molecule has 0 atom stereocenters. The fourth-order valence-corrected chi connectivity index (χ4v) is 3.15. The largest absolute Gasteiger partial charge is 0.463 e. The molecule has 23 heavy (non-hydrogen) atoms. The van der Waals surface area contributed by atoms with Crippen molar-refractivity contribution in [3.63, 3.8) is 0 Å². The van der Waals surface area contributed by atoms with E-state index in [4.69, 9.17) is 4.42 Å². The summed E-state index contributed by atoms with van der Waals surface area (Å²) in [7, 11) is -2.25. The summed E-state index contributed by atoms with van der Waals surface area (Å²) < 4.78 is 35.5. The predicted octanol–water partition coefficient (Wildman–Crippen LogP) is 1.87. The summed E-state index contributed by atoms with van der Waals surface area (Å²) in [5.74, 6) is -0.0960. The van der Waals surface area contributed by atoms with Crippen molar-refractivity contribution in [1.82, 2.24) is 9.55 Å². The smallest absolute Gasteiger partial charge is 0.373 e. The first-order valence-electron chi connectivity index (χ1n) is 6.72. The zero-order valence-electron chi connectivity index (χ0n) is 12.5. The van der Waals surface area contributed by atoms with Crippen LogP contribution in [0.5, 0.6) is 0 Å². The fourth-order valence-electron chi connectivity index (χ4n) is 2.32. The number of hydrogen-bond donors (Lipinski definition) is 0. The van der Waals surface area contributed by atoms with Gasteiger partial charge in [0.1, 0.15) is 5.76 Å². The number of benzene rings is 1. The van der Waals surface area contributed by atoms with Crippen LogP contribution >= 0.6 is 0 Å². The number of imidazole rings is 1. The number of fused-ring (bicyclic) bond motifs is 1. The summed E-state index contributed by atoms with van der Waals surface area (Å²) in [5, 5.41) is -0.0466. The molecule has 0 spiro atoms. The fraction of sp³-hybridized carbons (Fsp3) is 0.200. The molecule has 0 N–H and O–H groups in total. The zero-order chi connectivity index (χ0) is 16.6. The Kier molecular flexibility index (Phi) is 3.69. The number of methoxy groups -OCH3 is 1. The van der Waals surface area contributed by atoms with Gasteiger partial charge in [-0.05, 0) is 24.3 Å². The number of carbonyl (C=O) groups is 1. The molecule has 0 bridgehead atoms. The van der Waals surface area contributed by atoms with Crippen molar-refractivity contribution in [1.29, 1.82) is 0 Å². The first-order chi connectivity index (χ1) is 10.9. The standard InChI is InChI=1S/C15H14N2O5S/c1-21-14(18)13-8-7-10(22-13)9-17-12-6-4-3-5-11(12)16-15(17)23(2,19)20/h3-8H,9H2,1-2H3. The molecule has 3 rings (SSSR count). The molecule has 0 fully saturated rings. The van der Waals surface area contributed by atoms with Gasteiger partial charge in [-0.15, -0.1) is 0 Å². The van der Waals surface area contributed by atoms with E-state index in [0.717, 1.165) is 6.26 Å². The molecule has 120 valence electrons. The highest BCUT2D eigenvalue weighted by molar-refractivity contribution is 7.90. The van der Waals surface area contributed by atoms with Crippen LogP contribution in [0.3, 0.4) is 0 Å². The van der Waals surface area contributed by atoms with E-state index in [1.54, 1.807) is 34.9 Å². The van der Waals surface area contributed by atoms with Crippen LogP contribution < -0.4 is 0 Å². The number of rotatable bonds is 4. The lowest BCUT2D eigenvalue weighted by molar-refractivity contribution is 0.0563. The van der Waals surface area contributed by atoms with E-state index >= 15 is 0 Å². The van der Waals surface area contributed by atoms with E-state index in [9.17, 15) is 13.2 Å². The number of aromatic nitrogens is 2. The third kappa shape index (κ3) is 2.85. The number of para-hydroxylation sites is 2. The average Bonchev–Trinajstić information content (AvgIpc) is 3.12. The third-order valence-electron chi connectivity index (χ3n) is 3.31. The van der Waals surface area contributed by atoms with Crippen LogP contribution in [-0.2, 0) is 21.1 Å². The van der Waals surface area contributed by atoms with Crippen molar-refractivity contribution in [2.75, 3.05) is 13.4 Å². The second-order valence-corrected chi connectivity index (χ2v) is 6.91. The summed E-state index contributed by atoms with van der Waals surface area (Å²) in [6.07, 6.45) is 1.10. The lowest BCUT2D eigenvalue weighted by atomic mass is 10.3. The maximum absolute atomic E-state index is 12.0. The molecule has 0 unspecified atom stereocenters. The number of hydrogen-bond acceptors (Lipinski definition) is 6. The van der Waals surface area contributed by atoms with E-state index in [1.165, 1.54) is 13.2 Å². The molecule has 0 amide bonds. The Morgan fingerprint density at radius 1 is 1.26 bits per heavy atom. The molecule has 0 radical (unpaired) electrons. The van der Waals surface area contributed by atoms with Crippen molar-refractivity contribution in [3.05, 3.63) is 47.9 Å². The van der Waals surface area contributed by atoms with Crippen LogP contribution in [0.4, 0.5) is 0 Å². The number of furan rings is 1. The lowest BCUT2D eigenvalue weighted by Crippen LogP contribution is -2.10.